The highest BCUT2D eigenvalue weighted by Crippen LogP contribution is 2.36. The molecule has 1 aromatic rings. The Kier molecular flexibility index (Phi) is 2.73. The van der Waals surface area contributed by atoms with E-state index in [0.29, 0.717) is 17.8 Å². The van der Waals surface area contributed by atoms with Crippen LogP contribution in [0.1, 0.15) is 18.4 Å². The van der Waals surface area contributed by atoms with Crippen LogP contribution in [0.5, 0.6) is 0 Å². The van der Waals surface area contributed by atoms with Gasteiger partial charge in [-0.1, -0.05) is 6.07 Å². The van der Waals surface area contributed by atoms with Gasteiger partial charge >= 0.3 is 6.18 Å². The van der Waals surface area contributed by atoms with E-state index < -0.39 is 11.7 Å². The summed E-state index contributed by atoms with van der Waals surface area (Å²) in [5.41, 5.74) is 0.150. The molecule has 0 amide bonds. The topological polar surface area (TPSA) is 15.3 Å². The van der Waals surface area contributed by atoms with Crippen LogP contribution in [0, 0.1) is 0 Å². The summed E-state index contributed by atoms with van der Waals surface area (Å²) in [6.45, 7) is 1.74. The van der Waals surface area contributed by atoms with Crippen LogP contribution < -0.4 is 10.2 Å². The monoisotopic (exact) mass is 256 g/mol. The number of fused-ring (bicyclic) bond motifs is 2. The van der Waals surface area contributed by atoms with Crippen LogP contribution in [0.4, 0.5) is 18.9 Å². The first-order valence-electron chi connectivity index (χ1n) is 6.22. The third-order valence-corrected chi connectivity index (χ3v) is 3.85. The Balaban J connectivity index is 1.93. The summed E-state index contributed by atoms with van der Waals surface area (Å²) in [7, 11) is 0. The zero-order valence-electron chi connectivity index (χ0n) is 9.87. The maximum Gasteiger partial charge on any atom is 0.416 e. The van der Waals surface area contributed by atoms with Crippen molar-refractivity contribution in [3.63, 3.8) is 0 Å². The molecule has 2 heterocycles. The number of rotatable bonds is 1. The van der Waals surface area contributed by atoms with Crippen molar-refractivity contribution in [3.8, 4) is 0 Å². The van der Waals surface area contributed by atoms with E-state index in [-0.39, 0.29) is 0 Å². The second-order valence-corrected chi connectivity index (χ2v) is 5.00. The second-order valence-electron chi connectivity index (χ2n) is 5.00. The molecule has 2 bridgehead atoms. The standard InChI is InChI=1S/C13H15F3N2/c14-13(15,16)9-2-1-3-10(6-9)18-11-4-5-12(18)8-17-7-11/h1-3,6,11-12,17H,4-5,7-8H2. The quantitative estimate of drug-likeness (QED) is 0.831. The SMILES string of the molecule is FC(F)(F)c1cccc(N2C3CCC2CNC3)c1. The minimum atomic E-state index is -4.26. The fourth-order valence-electron chi connectivity index (χ4n) is 3.04. The van der Waals surface area contributed by atoms with Gasteiger partial charge in [0.05, 0.1) is 5.56 Å². The minimum Gasteiger partial charge on any atom is -0.363 e. The Hall–Kier alpha value is -1.23. The summed E-state index contributed by atoms with van der Waals surface area (Å²) >= 11 is 0. The minimum absolute atomic E-state index is 0.340. The van der Waals surface area contributed by atoms with E-state index in [1.807, 2.05) is 0 Å². The van der Waals surface area contributed by atoms with Gasteiger partial charge in [-0.15, -0.1) is 0 Å². The lowest BCUT2D eigenvalue weighted by Gasteiger charge is -2.37. The first kappa shape index (κ1) is 11.8. The molecule has 0 aliphatic carbocycles. The summed E-state index contributed by atoms with van der Waals surface area (Å²) < 4.78 is 38.1. The number of benzene rings is 1. The molecule has 1 N–H and O–H groups in total. The lowest BCUT2D eigenvalue weighted by Crippen LogP contribution is -2.52. The second kappa shape index (κ2) is 4.16. The average molecular weight is 256 g/mol. The largest absolute Gasteiger partial charge is 0.416 e. The Labute approximate surface area is 104 Å². The van der Waals surface area contributed by atoms with Gasteiger partial charge in [0.15, 0.2) is 0 Å². The lowest BCUT2D eigenvalue weighted by atomic mass is 10.1. The highest BCUT2D eigenvalue weighted by molar-refractivity contribution is 5.53. The summed E-state index contributed by atoms with van der Waals surface area (Å²) in [4.78, 5) is 2.16. The fraction of sp³-hybridized carbons (Fsp3) is 0.538. The Morgan fingerprint density at radius 1 is 1.11 bits per heavy atom. The number of halogens is 3. The summed E-state index contributed by atoms with van der Waals surface area (Å²) in [5.74, 6) is 0. The maximum atomic E-state index is 12.7. The van der Waals surface area contributed by atoms with Crippen LogP contribution in [-0.2, 0) is 6.18 Å². The van der Waals surface area contributed by atoms with Crippen molar-refractivity contribution in [1.29, 1.82) is 0 Å². The van der Waals surface area contributed by atoms with Gasteiger partial charge in [-0.05, 0) is 31.0 Å². The molecule has 0 aromatic heterocycles. The molecule has 98 valence electrons. The van der Waals surface area contributed by atoms with Crippen molar-refractivity contribution >= 4 is 5.69 Å². The molecule has 3 rings (SSSR count). The predicted octanol–water partition coefficient (Wildman–Crippen LogP) is 2.65. The van der Waals surface area contributed by atoms with E-state index >= 15 is 0 Å². The lowest BCUT2D eigenvalue weighted by molar-refractivity contribution is -0.137. The van der Waals surface area contributed by atoms with E-state index in [1.165, 1.54) is 12.1 Å². The number of piperazine rings is 1. The summed E-state index contributed by atoms with van der Waals surface area (Å²) in [5, 5.41) is 3.33. The van der Waals surface area contributed by atoms with Crippen molar-refractivity contribution in [2.24, 2.45) is 0 Å². The average Bonchev–Trinajstić information content (AvgIpc) is 2.58. The molecule has 2 atom stereocenters. The molecule has 1 aromatic carbocycles. The third-order valence-electron chi connectivity index (χ3n) is 3.85. The van der Waals surface area contributed by atoms with Crippen molar-refractivity contribution in [1.82, 2.24) is 5.32 Å². The van der Waals surface area contributed by atoms with E-state index in [1.54, 1.807) is 6.07 Å². The zero-order valence-corrected chi connectivity index (χ0v) is 9.87. The highest BCUT2D eigenvalue weighted by Gasteiger charge is 2.37. The number of anilines is 1. The molecular formula is C13H15F3N2. The van der Waals surface area contributed by atoms with Crippen molar-refractivity contribution in [3.05, 3.63) is 29.8 Å². The van der Waals surface area contributed by atoms with Crippen molar-refractivity contribution in [2.45, 2.75) is 31.1 Å². The number of alkyl halides is 3. The first-order valence-corrected chi connectivity index (χ1v) is 6.22. The molecule has 2 saturated heterocycles. The fourth-order valence-corrected chi connectivity index (χ4v) is 3.04. The smallest absolute Gasteiger partial charge is 0.363 e. The van der Waals surface area contributed by atoms with Gasteiger partial charge in [0.2, 0.25) is 0 Å². The van der Waals surface area contributed by atoms with Crippen LogP contribution in [0.3, 0.4) is 0 Å². The van der Waals surface area contributed by atoms with E-state index in [9.17, 15) is 13.2 Å². The van der Waals surface area contributed by atoms with Crippen molar-refractivity contribution < 1.29 is 13.2 Å². The number of hydrogen-bond donors (Lipinski definition) is 1. The third kappa shape index (κ3) is 1.96. The Morgan fingerprint density at radius 2 is 1.78 bits per heavy atom. The molecule has 0 radical (unpaired) electrons. The Bertz CT molecular complexity index is 428. The van der Waals surface area contributed by atoms with Crippen LogP contribution in [-0.4, -0.2) is 25.2 Å². The molecule has 2 aliphatic heterocycles. The normalized spacial score (nSPS) is 27.6. The first-order chi connectivity index (χ1) is 8.55. The van der Waals surface area contributed by atoms with Gasteiger partial charge < -0.3 is 10.2 Å². The predicted molar refractivity (Wildman–Crippen MR) is 63.6 cm³/mol. The van der Waals surface area contributed by atoms with Gasteiger partial charge in [-0.2, -0.15) is 13.2 Å². The van der Waals surface area contributed by atoms with E-state index in [0.717, 1.165) is 32.0 Å². The van der Waals surface area contributed by atoms with Gasteiger partial charge in [-0.25, -0.2) is 0 Å². The van der Waals surface area contributed by atoms with Crippen molar-refractivity contribution in [2.75, 3.05) is 18.0 Å². The molecule has 5 heteroatoms. The molecule has 2 unspecified atom stereocenters. The van der Waals surface area contributed by atoms with Crippen LogP contribution in [0.25, 0.3) is 0 Å². The molecule has 0 spiro atoms. The van der Waals surface area contributed by atoms with Gasteiger partial charge in [0, 0.05) is 30.9 Å². The van der Waals surface area contributed by atoms with E-state index in [4.69, 9.17) is 0 Å². The molecule has 2 fully saturated rings. The maximum absolute atomic E-state index is 12.7. The summed E-state index contributed by atoms with van der Waals surface area (Å²) in [6.07, 6.45) is -2.13. The van der Waals surface area contributed by atoms with Gasteiger partial charge in [0.25, 0.3) is 0 Å². The molecule has 2 nitrogen and oxygen atoms in total. The van der Waals surface area contributed by atoms with Crippen LogP contribution in [0.2, 0.25) is 0 Å². The zero-order chi connectivity index (χ0) is 12.8. The molecular weight excluding hydrogens is 241 g/mol. The highest BCUT2D eigenvalue weighted by atomic mass is 19.4. The van der Waals surface area contributed by atoms with Crippen LogP contribution in [0.15, 0.2) is 24.3 Å². The number of nitrogens with one attached hydrogen (secondary N) is 1. The van der Waals surface area contributed by atoms with Crippen LogP contribution >= 0.6 is 0 Å². The summed E-state index contributed by atoms with van der Waals surface area (Å²) in [6, 6.07) is 6.37. The molecule has 0 saturated carbocycles. The number of nitrogens with zero attached hydrogens (tertiary/aromatic N) is 1. The number of hydrogen-bond acceptors (Lipinski definition) is 2. The van der Waals surface area contributed by atoms with Gasteiger partial charge in [0.1, 0.15) is 0 Å². The molecule has 2 aliphatic rings. The Morgan fingerprint density at radius 3 is 2.39 bits per heavy atom. The van der Waals surface area contributed by atoms with E-state index in [2.05, 4.69) is 10.2 Å². The van der Waals surface area contributed by atoms with Gasteiger partial charge in [-0.3, -0.25) is 0 Å². The molecule has 18 heavy (non-hydrogen) atoms.